The summed E-state index contributed by atoms with van der Waals surface area (Å²) in [6, 6.07) is 13.8. The smallest absolute Gasteiger partial charge is 0.251 e. The first-order valence-corrected chi connectivity index (χ1v) is 12.0. The van der Waals surface area contributed by atoms with Gasteiger partial charge >= 0.3 is 0 Å². The third kappa shape index (κ3) is 5.83. The summed E-state index contributed by atoms with van der Waals surface area (Å²) in [6.45, 7) is 7.77. The number of carbonyl (C=O) groups is 1. The Morgan fingerprint density at radius 1 is 1.00 bits per heavy atom. The molecule has 0 aromatic heterocycles. The van der Waals surface area contributed by atoms with Crippen molar-refractivity contribution in [2.45, 2.75) is 26.2 Å². The molecular weight excluding hydrogens is 417 g/mol. The molecule has 0 unspecified atom stereocenters. The molecule has 1 fully saturated rings. The SMILES string of the molecule is CC(C)(C)c1ccc(C(=O)NCCS(=O)(=O)N2CCN(c3ccccc3F)CC2)cc1. The Labute approximate surface area is 184 Å². The lowest BCUT2D eigenvalue weighted by molar-refractivity contribution is 0.0956. The number of amides is 1. The van der Waals surface area contributed by atoms with Gasteiger partial charge in [0.1, 0.15) is 5.82 Å². The maximum absolute atomic E-state index is 14.0. The Hall–Kier alpha value is -2.45. The second kappa shape index (κ2) is 9.36. The number of benzene rings is 2. The molecule has 3 rings (SSSR count). The largest absolute Gasteiger partial charge is 0.367 e. The van der Waals surface area contributed by atoms with Gasteiger partial charge in [0.25, 0.3) is 5.91 Å². The molecule has 1 saturated heterocycles. The number of carbonyl (C=O) groups excluding carboxylic acids is 1. The van der Waals surface area contributed by atoms with E-state index in [1.165, 1.54) is 10.4 Å². The maximum Gasteiger partial charge on any atom is 0.251 e. The highest BCUT2D eigenvalue weighted by Gasteiger charge is 2.27. The highest BCUT2D eigenvalue weighted by molar-refractivity contribution is 7.89. The molecule has 1 amide bonds. The lowest BCUT2D eigenvalue weighted by atomic mass is 9.87. The van der Waals surface area contributed by atoms with Gasteiger partial charge in [-0.1, -0.05) is 45.0 Å². The molecule has 1 aliphatic heterocycles. The predicted molar refractivity (Wildman–Crippen MR) is 121 cm³/mol. The van der Waals surface area contributed by atoms with Gasteiger partial charge in [-0.25, -0.2) is 12.8 Å². The zero-order valence-corrected chi connectivity index (χ0v) is 19.1. The molecule has 0 bridgehead atoms. The van der Waals surface area contributed by atoms with Gasteiger partial charge in [0.05, 0.1) is 11.4 Å². The molecule has 0 aliphatic carbocycles. The standard InChI is InChI=1S/C23H30FN3O3S/c1-23(2,3)19-10-8-18(9-11-19)22(28)25-12-17-31(29,30)27-15-13-26(14-16-27)21-7-5-4-6-20(21)24/h4-11H,12-17H2,1-3H3,(H,25,28). The zero-order chi connectivity index (χ0) is 22.6. The van der Waals surface area contributed by atoms with Crippen LogP contribution in [0.1, 0.15) is 36.7 Å². The topological polar surface area (TPSA) is 69.7 Å². The van der Waals surface area contributed by atoms with Gasteiger partial charge < -0.3 is 10.2 Å². The molecule has 0 radical (unpaired) electrons. The summed E-state index contributed by atoms with van der Waals surface area (Å²) in [6.07, 6.45) is 0. The highest BCUT2D eigenvalue weighted by Crippen LogP contribution is 2.22. The van der Waals surface area contributed by atoms with E-state index in [-0.39, 0.29) is 29.4 Å². The van der Waals surface area contributed by atoms with Crippen LogP contribution in [0.3, 0.4) is 0 Å². The molecule has 1 heterocycles. The number of sulfonamides is 1. The van der Waals surface area contributed by atoms with E-state index >= 15 is 0 Å². The van der Waals surface area contributed by atoms with Gasteiger partial charge in [0.15, 0.2) is 0 Å². The van der Waals surface area contributed by atoms with Crippen LogP contribution in [-0.2, 0) is 15.4 Å². The van der Waals surface area contributed by atoms with Crippen LogP contribution in [0.15, 0.2) is 48.5 Å². The van der Waals surface area contributed by atoms with E-state index in [2.05, 4.69) is 26.1 Å². The van der Waals surface area contributed by atoms with E-state index in [1.54, 1.807) is 30.3 Å². The summed E-state index contributed by atoms with van der Waals surface area (Å²) in [4.78, 5) is 14.2. The number of anilines is 1. The summed E-state index contributed by atoms with van der Waals surface area (Å²) in [5, 5.41) is 2.69. The van der Waals surface area contributed by atoms with Crippen LogP contribution in [0, 0.1) is 5.82 Å². The third-order valence-corrected chi connectivity index (χ3v) is 7.36. The number of rotatable bonds is 6. The van der Waals surface area contributed by atoms with Crippen molar-refractivity contribution in [3.8, 4) is 0 Å². The summed E-state index contributed by atoms with van der Waals surface area (Å²) < 4.78 is 40.7. The molecule has 1 N–H and O–H groups in total. The lowest BCUT2D eigenvalue weighted by Gasteiger charge is -2.35. The van der Waals surface area contributed by atoms with E-state index in [0.29, 0.717) is 37.4 Å². The van der Waals surface area contributed by atoms with Crippen LogP contribution in [0.5, 0.6) is 0 Å². The van der Waals surface area contributed by atoms with E-state index < -0.39 is 10.0 Å². The number of hydrogen-bond donors (Lipinski definition) is 1. The number of halogens is 1. The van der Waals surface area contributed by atoms with Gasteiger partial charge in [-0.05, 0) is 35.2 Å². The quantitative estimate of drug-likeness (QED) is 0.739. The van der Waals surface area contributed by atoms with E-state index in [1.807, 2.05) is 17.0 Å². The summed E-state index contributed by atoms with van der Waals surface area (Å²) in [7, 11) is -3.50. The molecule has 8 heteroatoms. The minimum atomic E-state index is -3.50. The fourth-order valence-electron chi connectivity index (χ4n) is 3.56. The Morgan fingerprint density at radius 3 is 2.19 bits per heavy atom. The monoisotopic (exact) mass is 447 g/mol. The van der Waals surface area contributed by atoms with Gasteiger partial charge in [0, 0.05) is 38.3 Å². The zero-order valence-electron chi connectivity index (χ0n) is 18.3. The number of nitrogens with zero attached hydrogens (tertiary/aromatic N) is 2. The van der Waals surface area contributed by atoms with Gasteiger partial charge in [-0.2, -0.15) is 4.31 Å². The molecule has 0 spiro atoms. The van der Waals surface area contributed by atoms with Crippen LogP contribution in [0.2, 0.25) is 0 Å². The van der Waals surface area contributed by atoms with Crippen molar-refractivity contribution in [2.24, 2.45) is 0 Å². The first-order valence-electron chi connectivity index (χ1n) is 10.4. The van der Waals surface area contributed by atoms with Gasteiger partial charge in [0.2, 0.25) is 10.0 Å². The lowest BCUT2D eigenvalue weighted by Crippen LogP contribution is -2.50. The molecule has 1 aliphatic rings. The van der Waals surface area contributed by atoms with E-state index in [0.717, 1.165) is 5.56 Å². The summed E-state index contributed by atoms with van der Waals surface area (Å²) in [5.74, 6) is -0.768. The van der Waals surface area contributed by atoms with Crippen molar-refractivity contribution in [1.29, 1.82) is 0 Å². The van der Waals surface area contributed by atoms with E-state index in [4.69, 9.17) is 0 Å². The minimum Gasteiger partial charge on any atom is -0.367 e. The van der Waals surface area contributed by atoms with Crippen molar-refractivity contribution in [3.63, 3.8) is 0 Å². The maximum atomic E-state index is 14.0. The Balaban J connectivity index is 1.49. The van der Waals surface area contributed by atoms with Crippen LogP contribution in [0.25, 0.3) is 0 Å². The van der Waals surface area contributed by atoms with Crippen molar-refractivity contribution in [2.75, 3.05) is 43.4 Å². The average molecular weight is 448 g/mol. The number of piperazine rings is 1. The number of hydrogen-bond acceptors (Lipinski definition) is 4. The number of nitrogens with one attached hydrogen (secondary N) is 1. The second-order valence-electron chi connectivity index (χ2n) is 8.74. The Morgan fingerprint density at radius 2 is 1.61 bits per heavy atom. The predicted octanol–water partition coefficient (Wildman–Crippen LogP) is 3.01. The van der Waals surface area contributed by atoms with Crippen LogP contribution >= 0.6 is 0 Å². The van der Waals surface area contributed by atoms with E-state index in [9.17, 15) is 17.6 Å². The van der Waals surface area contributed by atoms with Crippen LogP contribution in [0.4, 0.5) is 10.1 Å². The van der Waals surface area contributed by atoms with Crippen molar-refractivity contribution in [1.82, 2.24) is 9.62 Å². The second-order valence-corrected chi connectivity index (χ2v) is 10.8. The first kappa shape index (κ1) is 23.2. The molecule has 0 saturated carbocycles. The molecule has 0 atom stereocenters. The Kier molecular flexibility index (Phi) is 7.01. The average Bonchev–Trinajstić information content (AvgIpc) is 2.73. The number of para-hydroxylation sites is 1. The fraction of sp³-hybridized carbons (Fsp3) is 0.435. The van der Waals surface area contributed by atoms with Crippen LogP contribution < -0.4 is 10.2 Å². The summed E-state index contributed by atoms with van der Waals surface area (Å²) in [5.41, 5.74) is 2.12. The highest BCUT2D eigenvalue weighted by atomic mass is 32.2. The fourth-order valence-corrected chi connectivity index (χ4v) is 4.90. The minimum absolute atomic E-state index is 0.000608. The molecule has 31 heavy (non-hydrogen) atoms. The first-order chi connectivity index (χ1) is 14.6. The normalized spacial score (nSPS) is 15.7. The molecule has 6 nitrogen and oxygen atoms in total. The molecular formula is C23H30FN3O3S. The summed E-state index contributed by atoms with van der Waals surface area (Å²) >= 11 is 0. The van der Waals surface area contributed by atoms with Crippen molar-refractivity contribution < 1.29 is 17.6 Å². The third-order valence-electron chi connectivity index (χ3n) is 5.48. The van der Waals surface area contributed by atoms with Crippen LogP contribution in [-0.4, -0.2) is 57.1 Å². The van der Waals surface area contributed by atoms with Crippen molar-refractivity contribution in [3.05, 3.63) is 65.5 Å². The Bertz CT molecular complexity index is 1010. The van der Waals surface area contributed by atoms with Gasteiger partial charge in [-0.3, -0.25) is 4.79 Å². The molecule has 2 aromatic rings. The van der Waals surface area contributed by atoms with Gasteiger partial charge in [-0.15, -0.1) is 0 Å². The molecule has 2 aromatic carbocycles. The molecule has 168 valence electrons. The van der Waals surface area contributed by atoms with Crippen molar-refractivity contribution >= 4 is 21.6 Å².